The predicted molar refractivity (Wildman–Crippen MR) is 279 cm³/mol. The van der Waals surface area contributed by atoms with Crippen molar-refractivity contribution >= 4 is 17.9 Å². The SMILES string of the molecule is CCCCC/C=C\C/C=C\C/C=C\C/C=C\CCCC(=O)O[C@@H](COC(=O)CCCCCCCCCCCCCCC)COC(=O)CCCCCCCCCCCCCCCCCCC. The maximum Gasteiger partial charge on any atom is 0.306 e. The number of carbonyl (C=O) groups excluding carboxylic acids is 3. The van der Waals surface area contributed by atoms with E-state index in [1.54, 1.807) is 0 Å². The fourth-order valence-corrected chi connectivity index (χ4v) is 8.08. The molecule has 0 radical (unpaired) electrons. The van der Waals surface area contributed by atoms with Gasteiger partial charge in [-0.25, -0.2) is 0 Å². The first kappa shape index (κ1) is 62.4. The number of esters is 3. The van der Waals surface area contributed by atoms with Crippen LogP contribution in [-0.4, -0.2) is 37.2 Å². The van der Waals surface area contributed by atoms with Crippen LogP contribution in [0.5, 0.6) is 0 Å². The monoisotopic (exact) mass is 911 g/mol. The first-order valence-electron chi connectivity index (χ1n) is 28.1. The molecule has 0 N–H and O–H groups in total. The summed E-state index contributed by atoms with van der Waals surface area (Å²) < 4.78 is 16.8. The maximum atomic E-state index is 12.8. The van der Waals surface area contributed by atoms with Gasteiger partial charge in [0, 0.05) is 19.3 Å². The zero-order valence-corrected chi connectivity index (χ0v) is 43.3. The highest BCUT2D eigenvalue weighted by atomic mass is 16.6. The predicted octanol–water partition coefficient (Wildman–Crippen LogP) is 18.7. The highest BCUT2D eigenvalue weighted by molar-refractivity contribution is 5.71. The quantitative estimate of drug-likeness (QED) is 0.0262. The van der Waals surface area contributed by atoms with Crippen LogP contribution in [0.25, 0.3) is 0 Å². The molecule has 0 amide bonds. The highest BCUT2D eigenvalue weighted by Crippen LogP contribution is 2.16. The highest BCUT2D eigenvalue weighted by Gasteiger charge is 2.19. The van der Waals surface area contributed by atoms with Crippen molar-refractivity contribution in [2.45, 2.75) is 297 Å². The lowest BCUT2D eigenvalue weighted by molar-refractivity contribution is -0.167. The zero-order valence-electron chi connectivity index (χ0n) is 43.3. The van der Waals surface area contributed by atoms with Gasteiger partial charge in [-0.2, -0.15) is 0 Å². The number of unbranched alkanes of at least 4 members (excludes halogenated alkanes) is 32. The Morgan fingerprint density at radius 2 is 0.569 bits per heavy atom. The van der Waals surface area contributed by atoms with Crippen molar-refractivity contribution in [3.8, 4) is 0 Å². The molecule has 0 rings (SSSR count). The first-order valence-corrected chi connectivity index (χ1v) is 28.1. The van der Waals surface area contributed by atoms with Crippen LogP contribution in [0, 0.1) is 0 Å². The molecule has 1 atom stereocenters. The summed E-state index contributed by atoms with van der Waals surface area (Å²) in [5.74, 6) is -0.932. The van der Waals surface area contributed by atoms with Gasteiger partial charge in [0.15, 0.2) is 6.10 Å². The van der Waals surface area contributed by atoms with Crippen LogP contribution in [0.3, 0.4) is 0 Å². The molecule has 0 heterocycles. The van der Waals surface area contributed by atoms with Gasteiger partial charge < -0.3 is 14.2 Å². The summed E-state index contributed by atoms with van der Waals surface area (Å²) >= 11 is 0. The van der Waals surface area contributed by atoms with Crippen LogP contribution in [0.1, 0.15) is 290 Å². The molecule has 0 aliphatic rings. The molecular formula is C59H106O6. The number of ether oxygens (including phenoxy) is 3. The van der Waals surface area contributed by atoms with E-state index in [2.05, 4.69) is 69.4 Å². The van der Waals surface area contributed by atoms with E-state index < -0.39 is 6.10 Å². The zero-order chi connectivity index (χ0) is 47.2. The topological polar surface area (TPSA) is 78.9 Å². The van der Waals surface area contributed by atoms with Gasteiger partial charge in [0.1, 0.15) is 13.2 Å². The van der Waals surface area contributed by atoms with Gasteiger partial charge in [-0.1, -0.05) is 262 Å². The fraction of sp³-hybridized carbons (Fsp3) is 0.814. The molecule has 378 valence electrons. The second kappa shape index (κ2) is 54.0. The van der Waals surface area contributed by atoms with Crippen LogP contribution >= 0.6 is 0 Å². The van der Waals surface area contributed by atoms with Crippen molar-refractivity contribution < 1.29 is 28.6 Å². The van der Waals surface area contributed by atoms with Crippen LogP contribution in [0.2, 0.25) is 0 Å². The third-order valence-corrected chi connectivity index (χ3v) is 12.3. The molecule has 65 heavy (non-hydrogen) atoms. The second-order valence-electron chi connectivity index (χ2n) is 18.9. The third kappa shape index (κ3) is 52.2. The Bertz CT molecular complexity index is 1140. The minimum absolute atomic E-state index is 0.0905. The van der Waals surface area contributed by atoms with Crippen molar-refractivity contribution in [2.75, 3.05) is 13.2 Å². The van der Waals surface area contributed by atoms with E-state index in [1.165, 1.54) is 180 Å². The summed E-state index contributed by atoms with van der Waals surface area (Å²) in [6, 6.07) is 0. The molecule has 0 aromatic carbocycles. The van der Waals surface area contributed by atoms with Crippen LogP contribution in [-0.2, 0) is 28.6 Å². The minimum Gasteiger partial charge on any atom is -0.462 e. The lowest BCUT2D eigenvalue weighted by atomic mass is 10.0. The van der Waals surface area contributed by atoms with Crippen LogP contribution < -0.4 is 0 Å². The van der Waals surface area contributed by atoms with Crippen molar-refractivity contribution in [3.05, 3.63) is 48.6 Å². The molecule has 0 aromatic rings. The Balaban J connectivity index is 4.42. The number of hydrogen-bond acceptors (Lipinski definition) is 6. The van der Waals surface area contributed by atoms with E-state index in [1.807, 2.05) is 0 Å². The largest absolute Gasteiger partial charge is 0.462 e. The third-order valence-electron chi connectivity index (χ3n) is 12.3. The van der Waals surface area contributed by atoms with E-state index in [0.717, 1.165) is 64.2 Å². The van der Waals surface area contributed by atoms with Gasteiger partial charge in [-0.3, -0.25) is 14.4 Å². The average Bonchev–Trinajstić information content (AvgIpc) is 3.30. The van der Waals surface area contributed by atoms with Crippen molar-refractivity contribution in [1.82, 2.24) is 0 Å². The van der Waals surface area contributed by atoms with Crippen molar-refractivity contribution in [2.24, 2.45) is 0 Å². The van der Waals surface area contributed by atoms with E-state index in [-0.39, 0.29) is 37.5 Å². The summed E-state index contributed by atoms with van der Waals surface area (Å²) in [6.07, 6.45) is 65.3. The lowest BCUT2D eigenvalue weighted by Gasteiger charge is -2.18. The van der Waals surface area contributed by atoms with E-state index >= 15 is 0 Å². The summed E-state index contributed by atoms with van der Waals surface area (Å²) in [6.45, 7) is 6.60. The molecule has 0 unspecified atom stereocenters. The van der Waals surface area contributed by atoms with Crippen molar-refractivity contribution in [3.63, 3.8) is 0 Å². The van der Waals surface area contributed by atoms with E-state index in [4.69, 9.17) is 14.2 Å². The fourth-order valence-electron chi connectivity index (χ4n) is 8.08. The second-order valence-corrected chi connectivity index (χ2v) is 18.9. The van der Waals surface area contributed by atoms with Gasteiger partial charge in [-0.15, -0.1) is 0 Å². The smallest absolute Gasteiger partial charge is 0.306 e. The van der Waals surface area contributed by atoms with Gasteiger partial charge in [0.2, 0.25) is 0 Å². The molecule has 0 aliphatic heterocycles. The van der Waals surface area contributed by atoms with Crippen LogP contribution in [0.4, 0.5) is 0 Å². The Morgan fingerprint density at radius 3 is 0.908 bits per heavy atom. The molecule has 6 nitrogen and oxygen atoms in total. The van der Waals surface area contributed by atoms with Gasteiger partial charge in [-0.05, 0) is 57.8 Å². The van der Waals surface area contributed by atoms with E-state index in [0.29, 0.717) is 19.3 Å². The van der Waals surface area contributed by atoms with Crippen molar-refractivity contribution in [1.29, 1.82) is 0 Å². The molecule has 6 heteroatoms. The Kier molecular flexibility index (Phi) is 51.8. The Labute approximate surface area is 403 Å². The molecule has 0 bridgehead atoms. The lowest BCUT2D eigenvalue weighted by Crippen LogP contribution is -2.30. The Morgan fingerprint density at radius 1 is 0.308 bits per heavy atom. The average molecular weight is 911 g/mol. The summed E-state index contributed by atoms with van der Waals surface area (Å²) in [5, 5.41) is 0. The molecule has 0 aromatic heterocycles. The Hall–Kier alpha value is -2.63. The van der Waals surface area contributed by atoms with Gasteiger partial charge >= 0.3 is 17.9 Å². The first-order chi connectivity index (χ1) is 32.0. The number of rotatable bonds is 51. The summed E-state index contributed by atoms with van der Waals surface area (Å²) in [4.78, 5) is 38.1. The summed E-state index contributed by atoms with van der Waals surface area (Å²) in [7, 11) is 0. The molecular weight excluding hydrogens is 805 g/mol. The van der Waals surface area contributed by atoms with Crippen LogP contribution in [0.15, 0.2) is 48.6 Å². The molecule has 0 fully saturated rings. The number of carbonyl (C=O) groups is 3. The van der Waals surface area contributed by atoms with E-state index in [9.17, 15) is 14.4 Å². The standard InChI is InChI=1S/C59H106O6/c1-4-7-10-13-16-19-22-25-27-29-31-34-37-40-43-46-49-52-58(61)64-55-56(54-63-57(60)51-48-45-42-39-36-33-24-21-18-15-12-9-6-3)65-59(62)53-50-47-44-41-38-35-32-30-28-26-23-20-17-14-11-8-5-2/h17,20,26,28,32,35,41,44,56H,4-16,18-19,21-25,27,29-31,33-34,36-40,42-43,45-55H2,1-3H3/b20-17-,28-26-,35-32-,44-41-/t56-/m0/s1. The summed E-state index contributed by atoms with van der Waals surface area (Å²) in [5.41, 5.74) is 0. The number of allylic oxidation sites excluding steroid dienone is 8. The van der Waals surface area contributed by atoms with Gasteiger partial charge in [0.05, 0.1) is 0 Å². The molecule has 0 aliphatic carbocycles. The van der Waals surface area contributed by atoms with Gasteiger partial charge in [0.25, 0.3) is 0 Å². The molecule has 0 spiro atoms. The normalized spacial score (nSPS) is 12.4. The minimum atomic E-state index is -0.797. The molecule has 0 saturated heterocycles. The molecule has 0 saturated carbocycles. The maximum absolute atomic E-state index is 12.8. The number of hydrogen-bond donors (Lipinski definition) is 0.